The van der Waals surface area contributed by atoms with Gasteiger partial charge < -0.3 is 15.1 Å². The second-order valence-electron chi connectivity index (χ2n) is 7.48. The van der Waals surface area contributed by atoms with E-state index in [0.717, 1.165) is 0 Å². The van der Waals surface area contributed by atoms with Gasteiger partial charge in [-0.15, -0.1) is 0 Å². The number of nitriles is 1. The van der Waals surface area contributed by atoms with Crippen molar-refractivity contribution in [2.75, 3.05) is 11.1 Å². The molecular formula is C26H20FN3O3S. The Morgan fingerprint density at radius 2 is 1.85 bits per heavy atom. The summed E-state index contributed by atoms with van der Waals surface area (Å²) < 4.78 is 19.7. The molecule has 0 fully saturated rings. The standard InChI is InChI=1S/C26H20FN3O3S/c1-16-23(25(32)30-20-11-6-5-10-19(20)27)24(22-12-7-13-33-22)18(14-28)26(29-16)34-15-21(31)17-8-3-2-4-9-17/h2-13,24,29H,15H2,1H3,(H,30,32). The van der Waals surface area contributed by atoms with Crippen LogP contribution in [0.5, 0.6) is 0 Å². The van der Waals surface area contributed by atoms with Crippen molar-refractivity contribution in [3.8, 4) is 6.07 Å². The Labute approximate surface area is 200 Å². The largest absolute Gasteiger partial charge is 0.468 e. The van der Waals surface area contributed by atoms with E-state index in [1.165, 1.54) is 36.2 Å². The van der Waals surface area contributed by atoms with Gasteiger partial charge in [0.15, 0.2) is 5.78 Å². The monoisotopic (exact) mass is 473 g/mol. The maximum atomic E-state index is 14.1. The number of allylic oxidation sites excluding steroid dienone is 2. The van der Waals surface area contributed by atoms with E-state index >= 15 is 0 Å². The third-order valence-corrected chi connectivity index (χ3v) is 6.30. The molecule has 34 heavy (non-hydrogen) atoms. The summed E-state index contributed by atoms with van der Waals surface area (Å²) in [5.74, 6) is -1.54. The number of furan rings is 1. The number of hydrogen-bond donors (Lipinski definition) is 2. The lowest BCUT2D eigenvalue weighted by Crippen LogP contribution is -2.31. The van der Waals surface area contributed by atoms with Crippen molar-refractivity contribution < 1.29 is 18.4 Å². The van der Waals surface area contributed by atoms with Crippen molar-refractivity contribution >= 4 is 29.1 Å². The topological polar surface area (TPSA) is 95.1 Å². The molecule has 0 spiro atoms. The summed E-state index contributed by atoms with van der Waals surface area (Å²) in [4.78, 5) is 25.8. The molecule has 1 unspecified atom stereocenters. The molecule has 0 radical (unpaired) electrons. The molecule has 1 aromatic heterocycles. The molecule has 1 amide bonds. The first-order valence-electron chi connectivity index (χ1n) is 10.4. The summed E-state index contributed by atoms with van der Waals surface area (Å²) in [5, 5.41) is 16.2. The molecule has 1 aliphatic rings. The molecule has 3 aromatic rings. The number of Topliss-reactive ketones (excluding diaryl/α,β-unsaturated/α-hetero) is 1. The fourth-order valence-corrected chi connectivity index (χ4v) is 4.65. The van der Waals surface area contributed by atoms with E-state index in [1.807, 2.05) is 6.07 Å². The van der Waals surface area contributed by atoms with Gasteiger partial charge in [-0.05, 0) is 31.2 Å². The quantitative estimate of drug-likeness (QED) is 0.448. The number of hydrogen-bond acceptors (Lipinski definition) is 6. The van der Waals surface area contributed by atoms with Crippen molar-refractivity contribution in [2.45, 2.75) is 12.8 Å². The fraction of sp³-hybridized carbons (Fsp3) is 0.115. The number of carbonyl (C=O) groups is 2. The van der Waals surface area contributed by atoms with Crippen LogP contribution < -0.4 is 10.6 Å². The van der Waals surface area contributed by atoms with Crippen LogP contribution >= 0.6 is 11.8 Å². The molecule has 2 N–H and O–H groups in total. The van der Waals surface area contributed by atoms with E-state index in [4.69, 9.17) is 4.42 Å². The number of nitrogens with one attached hydrogen (secondary N) is 2. The van der Waals surface area contributed by atoms with Gasteiger partial charge in [0.05, 0.1) is 45.9 Å². The zero-order valence-electron chi connectivity index (χ0n) is 18.2. The number of benzene rings is 2. The maximum absolute atomic E-state index is 14.1. The van der Waals surface area contributed by atoms with E-state index in [9.17, 15) is 19.2 Å². The minimum absolute atomic E-state index is 0.0297. The third-order valence-electron chi connectivity index (χ3n) is 5.29. The summed E-state index contributed by atoms with van der Waals surface area (Å²) in [5.41, 5.74) is 1.55. The Kier molecular flexibility index (Phi) is 6.95. The first-order valence-corrected chi connectivity index (χ1v) is 11.4. The molecule has 170 valence electrons. The van der Waals surface area contributed by atoms with E-state index < -0.39 is 17.6 Å². The van der Waals surface area contributed by atoms with Crippen LogP contribution in [0.15, 0.2) is 99.3 Å². The van der Waals surface area contributed by atoms with Crippen molar-refractivity contribution in [3.05, 3.63) is 112 Å². The van der Waals surface area contributed by atoms with Crippen molar-refractivity contribution in [2.24, 2.45) is 0 Å². The summed E-state index contributed by atoms with van der Waals surface area (Å²) in [6.45, 7) is 1.69. The Morgan fingerprint density at radius 1 is 1.12 bits per heavy atom. The number of anilines is 1. The number of nitrogens with zero attached hydrogens (tertiary/aromatic N) is 1. The number of thioether (sulfide) groups is 1. The van der Waals surface area contributed by atoms with E-state index in [0.29, 0.717) is 22.0 Å². The molecule has 2 heterocycles. The number of ketones is 1. The Balaban J connectivity index is 1.65. The van der Waals surface area contributed by atoms with Gasteiger partial charge in [0.1, 0.15) is 11.6 Å². The molecular weight excluding hydrogens is 453 g/mol. The number of dihydropyridines is 1. The predicted octanol–water partition coefficient (Wildman–Crippen LogP) is 5.37. The smallest absolute Gasteiger partial charge is 0.254 e. The average Bonchev–Trinajstić information content (AvgIpc) is 3.38. The highest BCUT2D eigenvalue weighted by molar-refractivity contribution is 8.03. The Hall–Kier alpha value is -4.09. The molecule has 1 aliphatic heterocycles. The molecule has 2 aromatic carbocycles. The van der Waals surface area contributed by atoms with Crippen molar-refractivity contribution in [1.29, 1.82) is 5.26 Å². The molecule has 0 saturated carbocycles. The van der Waals surface area contributed by atoms with E-state index in [2.05, 4.69) is 16.7 Å². The van der Waals surface area contributed by atoms with Crippen molar-refractivity contribution in [1.82, 2.24) is 5.32 Å². The van der Waals surface area contributed by atoms with E-state index in [-0.39, 0.29) is 28.4 Å². The molecule has 0 aliphatic carbocycles. The number of amides is 1. The van der Waals surface area contributed by atoms with E-state index in [1.54, 1.807) is 49.4 Å². The number of para-hydroxylation sites is 1. The zero-order chi connectivity index (χ0) is 24.1. The zero-order valence-corrected chi connectivity index (χ0v) is 19.0. The minimum atomic E-state index is -0.817. The van der Waals surface area contributed by atoms with Gasteiger partial charge in [-0.2, -0.15) is 5.26 Å². The van der Waals surface area contributed by atoms with Gasteiger partial charge in [0.2, 0.25) is 0 Å². The van der Waals surface area contributed by atoms with Crippen LogP contribution in [0.3, 0.4) is 0 Å². The summed E-state index contributed by atoms with van der Waals surface area (Å²) in [6, 6.07) is 20.2. The number of carbonyl (C=O) groups excluding carboxylic acids is 2. The van der Waals surface area contributed by atoms with Crippen molar-refractivity contribution in [3.63, 3.8) is 0 Å². The number of rotatable bonds is 7. The van der Waals surface area contributed by atoms with Gasteiger partial charge in [-0.25, -0.2) is 4.39 Å². The first kappa shape index (κ1) is 23.1. The maximum Gasteiger partial charge on any atom is 0.254 e. The van der Waals surface area contributed by atoms with Crippen LogP contribution in [0.4, 0.5) is 10.1 Å². The first-order chi connectivity index (χ1) is 16.5. The van der Waals surface area contributed by atoms with Gasteiger partial charge in [-0.3, -0.25) is 9.59 Å². The molecule has 1 atom stereocenters. The van der Waals surface area contributed by atoms with Crippen LogP contribution in [-0.2, 0) is 4.79 Å². The number of halogens is 1. The van der Waals surface area contributed by atoms with Gasteiger partial charge >= 0.3 is 0 Å². The van der Waals surface area contributed by atoms with Gasteiger partial charge in [-0.1, -0.05) is 54.2 Å². The van der Waals surface area contributed by atoms with Crippen LogP contribution in [-0.4, -0.2) is 17.4 Å². The minimum Gasteiger partial charge on any atom is -0.468 e. The summed E-state index contributed by atoms with van der Waals surface area (Å²) in [7, 11) is 0. The highest BCUT2D eigenvalue weighted by Crippen LogP contribution is 2.41. The molecule has 8 heteroatoms. The molecule has 0 saturated heterocycles. The normalized spacial score (nSPS) is 15.5. The molecule has 6 nitrogen and oxygen atoms in total. The summed E-state index contributed by atoms with van der Waals surface area (Å²) >= 11 is 1.19. The lowest BCUT2D eigenvalue weighted by atomic mass is 9.85. The molecule has 0 bridgehead atoms. The van der Waals surface area contributed by atoms with Gasteiger partial charge in [0.25, 0.3) is 5.91 Å². The average molecular weight is 474 g/mol. The summed E-state index contributed by atoms with van der Waals surface area (Å²) in [6.07, 6.45) is 1.46. The van der Waals surface area contributed by atoms with Crippen LogP contribution in [0.2, 0.25) is 0 Å². The fourth-order valence-electron chi connectivity index (χ4n) is 3.66. The molecule has 4 rings (SSSR count). The third kappa shape index (κ3) is 4.80. The van der Waals surface area contributed by atoms with Crippen LogP contribution in [0.25, 0.3) is 0 Å². The highest BCUT2D eigenvalue weighted by atomic mass is 32.2. The Bertz CT molecular complexity index is 1320. The SMILES string of the molecule is CC1=C(C(=O)Nc2ccccc2F)C(c2ccco2)C(C#N)=C(SCC(=O)c2ccccc2)N1. The lowest BCUT2D eigenvalue weighted by Gasteiger charge is -2.28. The highest BCUT2D eigenvalue weighted by Gasteiger charge is 2.36. The predicted molar refractivity (Wildman–Crippen MR) is 128 cm³/mol. The second-order valence-corrected chi connectivity index (χ2v) is 8.46. The lowest BCUT2D eigenvalue weighted by molar-refractivity contribution is -0.113. The Morgan fingerprint density at radius 3 is 2.53 bits per heavy atom. The van der Waals surface area contributed by atoms with Gasteiger partial charge in [0, 0.05) is 11.3 Å². The van der Waals surface area contributed by atoms with Crippen LogP contribution in [0, 0.1) is 17.1 Å². The second kappa shape index (κ2) is 10.2. The van der Waals surface area contributed by atoms with Crippen LogP contribution in [0.1, 0.15) is 29.0 Å².